The number of hydrogen-bond donors (Lipinski definition) is 1. The quantitative estimate of drug-likeness (QED) is 0.481. The van der Waals surface area contributed by atoms with E-state index in [1.807, 2.05) is 13.8 Å². The highest BCUT2D eigenvalue weighted by Gasteiger charge is 2.68. The van der Waals surface area contributed by atoms with Gasteiger partial charge in [0.2, 0.25) is 6.29 Å². The molecule has 0 spiro atoms. The van der Waals surface area contributed by atoms with Gasteiger partial charge in [-0.1, -0.05) is 52.3 Å². The number of aliphatic hydroxyl groups is 1. The minimum Gasteiger partial charge on any atom is -0.462 e. The molecule has 0 aromatic carbocycles. The Hall–Kier alpha value is -2.21. The summed E-state index contributed by atoms with van der Waals surface area (Å²) in [6, 6.07) is 0. The van der Waals surface area contributed by atoms with Crippen LogP contribution in [0.1, 0.15) is 67.2 Å². The lowest BCUT2D eigenvalue weighted by molar-refractivity contribution is -0.187. The van der Waals surface area contributed by atoms with E-state index in [9.17, 15) is 19.5 Å². The average molecular weight is 469 g/mol. The molecule has 0 amide bonds. The van der Waals surface area contributed by atoms with Gasteiger partial charge in [0.1, 0.15) is 6.10 Å². The highest BCUT2D eigenvalue weighted by molar-refractivity contribution is 5.96. The van der Waals surface area contributed by atoms with E-state index in [1.54, 1.807) is 12.2 Å². The zero-order chi connectivity index (χ0) is 24.8. The van der Waals surface area contributed by atoms with Crippen molar-refractivity contribution in [3.05, 3.63) is 35.5 Å². The summed E-state index contributed by atoms with van der Waals surface area (Å²) < 4.78 is 11.1. The Morgan fingerprint density at radius 1 is 1.15 bits per heavy atom. The van der Waals surface area contributed by atoms with Crippen molar-refractivity contribution in [3.8, 4) is 0 Å². The molecule has 184 valence electrons. The number of rotatable bonds is 2. The second-order valence-corrected chi connectivity index (χ2v) is 12.3. The van der Waals surface area contributed by atoms with Crippen molar-refractivity contribution in [1.82, 2.24) is 0 Å². The minimum absolute atomic E-state index is 0.0600. The second-order valence-electron chi connectivity index (χ2n) is 12.3. The van der Waals surface area contributed by atoms with Gasteiger partial charge < -0.3 is 14.6 Å². The molecule has 0 aromatic heterocycles. The van der Waals surface area contributed by atoms with Crippen molar-refractivity contribution in [1.29, 1.82) is 0 Å². The smallest absolute Gasteiger partial charge is 0.336 e. The topological polar surface area (TPSA) is 89.9 Å². The molecule has 0 bridgehead atoms. The van der Waals surface area contributed by atoms with Crippen LogP contribution in [0.4, 0.5) is 0 Å². The molecule has 1 heterocycles. The maximum Gasteiger partial charge on any atom is 0.336 e. The number of ether oxygens (including phenoxy) is 2. The summed E-state index contributed by atoms with van der Waals surface area (Å²) in [4.78, 5) is 37.7. The van der Waals surface area contributed by atoms with Gasteiger partial charge in [0.15, 0.2) is 5.78 Å². The first-order valence-corrected chi connectivity index (χ1v) is 12.5. The first-order chi connectivity index (χ1) is 15.8. The molecule has 0 radical (unpaired) electrons. The molecular formula is C28H36O6. The fourth-order valence-electron chi connectivity index (χ4n) is 8.78. The number of allylic oxidation sites excluding steroid dienone is 3. The Morgan fingerprint density at radius 2 is 1.85 bits per heavy atom. The zero-order valence-electron chi connectivity index (χ0n) is 21.0. The van der Waals surface area contributed by atoms with Crippen molar-refractivity contribution in [3.63, 3.8) is 0 Å². The Labute approximate surface area is 201 Å². The number of carbonyl (C=O) groups excluding carboxylic acids is 3. The van der Waals surface area contributed by atoms with Crippen molar-refractivity contribution < 1.29 is 29.0 Å². The number of esters is 2. The third-order valence-electron chi connectivity index (χ3n) is 10.4. The maximum atomic E-state index is 12.9. The van der Waals surface area contributed by atoms with Crippen LogP contribution in [0, 0.1) is 39.4 Å². The third-order valence-corrected chi connectivity index (χ3v) is 10.4. The van der Waals surface area contributed by atoms with E-state index in [0.717, 1.165) is 12.8 Å². The van der Waals surface area contributed by atoms with Crippen LogP contribution >= 0.6 is 0 Å². The van der Waals surface area contributed by atoms with Crippen molar-refractivity contribution in [2.45, 2.75) is 79.6 Å². The molecule has 1 N–H and O–H groups in total. The molecule has 6 nitrogen and oxygen atoms in total. The molecule has 2 fully saturated rings. The van der Waals surface area contributed by atoms with E-state index in [4.69, 9.17) is 9.47 Å². The monoisotopic (exact) mass is 468 g/mol. The number of ketones is 1. The number of cyclic esters (lactones) is 1. The van der Waals surface area contributed by atoms with Crippen LogP contribution in [0.2, 0.25) is 0 Å². The maximum absolute atomic E-state index is 12.9. The first kappa shape index (κ1) is 23.5. The number of hydrogen-bond acceptors (Lipinski definition) is 6. The molecule has 34 heavy (non-hydrogen) atoms. The lowest BCUT2D eigenvalue weighted by atomic mass is 9.38. The van der Waals surface area contributed by atoms with Crippen molar-refractivity contribution in [2.24, 2.45) is 39.4 Å². The summed E-state index contributed by atoms with van der Waals surface area (Å²) in [5.41, 5.74) is 0.310. The van der Waals surface area contributed by atoms with E-state index < -0.39 is 23.1 Å². The molecule has 5 rings (SSSR count). The van der Waals surface area contributed by atoms with Crippen LogP contribution in [0.15, 0.2) is 35.5 Å². The molecule has 0 saturated heterocycles. The molecule has 4 aliphatic carbocycles. The molecule has 2 saturated carbocycles. The van der Waals surface area contributed by atoms with Crippen molar-refractivity contribution in [2.75, 3.05) is 0 Å². The molecular weight excluding hydrogens is 432 g/mol. The minimum atomic E-state index is -1.18. The summed E-state index contributed by atoms with van der Waals surface area (Å²) in [6.45, 7) is 12.2. The zero-order valence-corrected chi connectivity index (χ0v) is 21.0. The summed E-state index contributed by atoms with van der Waals surface area (Å²) >= 11 is 0. The molecule has 8 atom stereocenters. The molecule has 6 heteroatoms. The van der Waals surface area contributed by atoms with Gasteiger partial charge in [-0.2, -0.15) is 0 Å². The van der Waals surface area contributed by atoms with Crippen LogP contribution in [0.3, 0.4) is 0 Å². The van der Waals surface area contributed by atoms with Crippen LogP contribution < -0.4 is 0 Å². The predicted octanol–water partition coefficient (Wildman–Crippen LogP) is 4.28. The standard InChI is InChI=1S/C28H36O6/c1-15(29)33-22-14-20-25(2,3)21(30)10-12-27(20,5)19-9-11-26(4)17(7-8-18(26)28(19,22)6)16-13-23(31)34-24(16)32/h8,10,12-13,17,19-20,22-23,31H,7,9,11,14H2,1-6H3/t17-,19+,20+,22+,23+,26+,27+,28-/m0/s1. The lowest BCUT2D eigenvalue weighted by Crippen LogP contribution is -2.64. The van der Waals surface area contributed by atoms with Gasteiger partial charge in [0.25, 0.3) is 0 Å². The second kappa shape index (κ2) is 7.16. The van der Waals surface area contributed by atoms with E-state index in [-0.39, 0.29) is 46.4 Å². The predicted molar refractivity (Wildman–Crippen MR) is 125 cm³/mol. The summed E-state index contributed by atoms with van der Waals surface area (Å²) in [6.07, 6.45) is 9.23. The van der Waals surface area contributed by atoms with Crippen LogP contribution in [0.5, 0.6) is 0 Å². The fraction of sp³-hybridized carbons (Fsp3) is 0.679. The van der Waals surface area contributed by atoms with Crippen LogP contribution in [-0.4, -0.2) is 35.2 Å². The fourth-order valence-corrected chi connectivity index (χ4v) is 8.78. The van der Waals surface area contributed by atoms with E-state index in [2.05, 4.69) is 32.9 Å². The summed E-state index contributed by atoms with van der Waals surface area (Å²) in [7, 11) is 0. The van der Waals surface area contributed by atoms with E-state index >= 15 is 0 Å². The Kier molecular flexibility index (Phi) is 4.95. The lowest BCUT2D eigenvalue weighted by Gasteiger charge is -2.66. The van der Waals surface area contributed by atoms with E-state index in [1.165, 1.54) is 12.5 Å². The molecule has 5 aliphatic rings. The Balaban J connectivity index is 1.62. The SMILES string of the molecule is CC(=O)O[C@@H]1C[C@@H]2C(C)(C)C(=O)C=C[C@]2(C)[C@H]2CC[C@@]3(C)C(=CC[C@H]3C3=C[C@H](O)OC3=O)[C@@]21C. The molecule has 1 aliphatic heterocycles. The Bertz CT molecular complexity index is 1060. The number of carbonyl (C=O) groups is 3. The highest BCUT2D eigenvalue weighted by Crippen LogP contribution is 2.72. The third kappa shape index (κ3) is 2.87. The number of fused-ring (bicyclic) bond motifs is 5. The van der Waals surface area contributed by atoms with E-state index in [0.29, 0.717) is 18.4 Å². The van der Waals surface area contributed by atoms with Gasteiger partial charge in [0.05, 0.1) is 0 Å². The molecule has 0 unspecified atom stereocenters. The van der Waals surface area contributed by atoms with Gasteiger partial charge in [0, 0.05) is 29.2 Å². The highest BCUT2D eigenvalue weighted by atomic mass is 16.6. The van der Waals surface area contributed by atoms with Crippen LogP contribution in [-0.2, 0) is 23.9 Å². The van der Waals surface area contributed by atoms with Gasteiger partial charge in [-0.15, -0.1) is 0 Å². The Morgan fingerprint density at radius 3 is 2.47 bits per heavy atom. The first-order valence-electron chi connectivity index (χ1n) is 12.5. The average Bonchev–Trinajstić information content (AvgIpc) is 3.25. The normalized spacial score (nSPS) is 46.6. The van der Waals surface area contributed by atoms with Gasteiger partial charge in [-0.05, 0) is 60.5 Å². The summed E-state index contributed by atoms with van der Waals surface area (Å²) in [5, 5.41) is 9.89. The van der Waals surface area contributed by atoms with Crippen LogP contribution in [0.25, 0.3) is 0 Å². The van der Waals surface area contributed by atoms with Gasteiger partial charge >= 0.3 is 11.9 Å². The van der Waals surface area contributed by atoms with Crippen molar-refractivity contribution >= 4 is 17.7 Å². The largest absolute Gasteiger partial charge is 0.462 e. The summed E-state index contributed by atoms with van der Waals surface area (Å²) in [5.74, 6) is -0.454. The molecule has 0 aromatic rings. The number of aliphatic hydroxyl groups excluding tert-OH is 1. The van der Waals surface area contributed by atoms with Gasteiger partial charge in [-0.3, -0.25) is 9.59 Å². The van der Waals surface area contributed by atoms with Gasteiger partial charge in [-0.25, -0.2) is 4.79 Å².